The lowest BCUT2D eigenvalue weighted by Gasteiger charge is -2.34. The Balaban J connectivity index is 1.74. The number of ether oxygens (including phenoxy) is 3. The SMILES string of the molecule is CC(C)=CCO[C@@]1(C)C[C@@H]2OCC3=CCCC[C@]32O1. The predicted octanol–water partition coefficient (Wildman–Crippen LogP) is 3.35. The third-order valence-electron chi connectivity index (χ3n) is 4.48. The molecule has 3 aliphatic rings. The zero-order valence-electron chi connectivity index (χ0n) is 12.2. The van der Waals surface area contributed by atoms with Crippen LogP contribution in [-0.2, 0) is 14.2 Å². The zero-order chi connectivity index (χ0) is 13.5. The molecule has 2 fully saturated rings. The largest absolute Gasteiger partial charge is 0.370 e. The van der Waals surface area contributed by atoms with E-state index in [4.69, 9.17) is 14.2 Å². The first kappa shape index (κ1) is 13.3. The second kappa shape index (κ2) is 4.72. The molecule has 3 nitrogen and oxygen atoms in total. The summed E-state index contributed by atoms with van der Waals surface area (Å²) in [6, 6.07) is 0. The molecule has 0 bridgehead atoms. The number of rotatable bonds is 3. The summed E-state index contributed by atoms with van der Waals surface area (Å²) >= 11 is 0. The van der Waals surface area contributed by atoms with Gasteiger partial charge >= 0.3 is 0 Å². The predicted molar refractivity (Wildman–Crippen MR) is 73.9 cm³/mol. The van der Waals surface area contributed by atoms with Gasteiger partial charge in [0.2, 0.25) is 0 Å². The first-order valence-electron chi connectivity index (χ1n) is 7.33. The van der Waals surface area contributed by atoms with E-state index in [9.17, 15) is 0 Å². The van der Waals surface area contributed by atoms with Gasteiger partial charge < -0.3 is 14.2 Å². The molecule has 2 heterocycles. The maximum atomic E-state index is 6.40. The van der Waals surface area contributed by atoms with E-state index in [0.29, 0.717) is 6.61 Å². The summed E-state index contributed by atoms with van der Waals surface area (Å²) in [5, 5.41) is 0. The molecule has 2 aliphatic heterocycles. The van der Waals surface area contributed by atoms with Crippen molar-refractivity contribution in [2.45, 2.75) is 63.9 Å². The lowest BCUT2D eigenvalue weighted by molar-refractivity contribution is -0.229. The molecular formula is C16H24O3. The minimum absolute atomic E-state index is 0.177. The number of allylic oxidation sites excluding steroid dienone is 2. The van der Waals surface area contributed by atoms with Crippen LogP contribution >= 0.6 is 0 Å². The van der Waals surface area contributed by atoms with Crippen LogP contribution in [0.1, 0.15) is 46.5 Å². The van der Waals surface area contributed by atoms with Crippen LogP contribution in [0.3, 0.4) is 0 Å². The van der Waals surface area contributed by atoms with Gasteiger partial charge in [0.25, 0.3) is 0 Å². The summed E-state index contributed by atoms with van der Waals surface area (Å²) in [6.45, 7) is 7.57. The molecule has 1 aliphatic carbocycles. The van der Waals surface area contributed by atoms with Crippen LogP contribution in [0.15, 0.2) is 23.3 Å². The van der Waals surface area contributed by atoms with Crippen molar-refractivity contribution in [1.82, 2.24) is 0 Å². The fourth-order valence-corrected chi connectivity index (χ4v) is 3.49. The molecule has 0 amide bonds. The van der Waals surface area contributed by atoms with E-state index in [0.717, 1.165) is 25.9 Å². The smallest absolute Gasteiger partial charge is 0.169 e. The van der Waals surface area contributed by atoms with Crippen molar-refractivity contribution in [3.63, 3.8) is 0 Å². The van der Waals surface area contributed by atoms with Crippen LogP contribution in [0.5, 0.6) is 0 Å². The minimum atomic E-state index is -0.506. The number of hydrogen-bond donors (Lipinski definition) is 0. The highest BCUT2D eigenvalue weighted by Gasteiger charge is 2.60. The summed E-state index contributed by atoms with van der Waals surface area (Å²) in [5.41, 5.74) is 2.44. The Morgan fingerprint density at radius 2 is 2.37 bits per heavy atom. The molecule has 106 valence electrons. The van der Waals surface area contributed by atoms with Crippen molar-refractivity contribution >= 4 is 0 Å². The lowest BCUT2D eigenvalue weighted by Crippen LogP contribution is -2.40. The van der Waals surface area contributed by atoms with Gasteiger partial charge in [0.05, 0.1) is 19.3 Å². The second-order valence-corrected chi connectivity index (χ2v) is 6.34. The van der Waals surface area contributed by atoms with Crippen LogP contribution in [0.25, 0.3) is 0 Å². The van der Waals surface area contributed by atoms with Crippen LogP contribution in [-0.4, -0.2) is 30.7 Å². The van der Waals surface area contributed by atoms with Crippen LogP contribution in [0, 0.1) is 0 Å². The van der Waals surface area contributed by atoms with Crippen LogP contribution in [0.2, 0.25) is 0 Å². The van der Waals surface area contributed by atoms with E-state index < -0.39 is 5.79 Å². The molecule has 0 aromatic carbocycles. The maximum absolute atomic E-state index is 6.40. The third kappa shape index (κ3) is 2.28. The molecule has 3 rings (SSSR count). The van der Waals surface area contributed by atoms with Gasteiger partial charge in [-0.3, -0.25) is 0 Å². The fraction of sp³-hybridized carbons (Fsp3) is 0.750. The molecule has 1 spiro atoms. The Bertz CT molecular complexity index is 422. The van der Waals surface area contributed by atoms with E-state index in [1.807, 2.05) is 0 Å². The maximum Gasteiger partial charge on any atom is 0.169 e. The minimum Gasteiger partial charge on any atom is -0.370 e. The number of hydrogen-bond acceptors (Lipinski definition) is 3. The molecule has 19 heavy (non-hydrogen) atoms. The van der Waals surface area contributed by atoms with Crippen molar-refractivity contribution in [3.05, 3.63) is 23.3 Å². The zero-order valence-corrected chi connectivity index (χ0v) is 12.2. The summed E-state index contributed by atoms with van der Waals surface area (Å²) in [7, 11) is 0. The van der Waals surface area contributed by atoms with Crippen molar-refractivity contribution in [1.29, 1.82) is 0 Å². The van der Waals surface area contributed by atoms with Crippen molar-refractivity contribution in [2.24, 2.45) is 0 Å². The average molecular weight is 264 g/mol. The van der Waals surface area contributed by atoms with Crippen LogP contribution in [0.4, 0.5) is 0 Å². The van der Waals surface area contributed by atoms with Gasteiger partial charge in [-0.1, -0.05) is 17.7 Å². The van der Waals surface area contributed by atoms with Crippen molar-refractivity contribution in [2.75, 3.05) is 13.2 Å². The third-order valence-corrected chi connectivity index (χ3v) is 4.48. The Labute approximate surface area is 115 Å². The Hall–Kier alpha value is -0.640. The molecule has 0 saturated carbocycles. The molecule has 0 unspecified atom stereocenters. The fourth-order valence-electron chi connectivity index (χ4n) is 3.49. The first-order valence-corrected chi connectivity index (χ1v) is 7.33. The molecule has 3 heteroatoms. The van der Waals surface area contributed by atoms with E-state index in [1.165, 1.54) is 17.6 Å². The highest BCUT2D eigenvalue weighted by Crippen LogP contribution is 2.52. The quantitative estimate of drug-likeness (QED) is 0.732. The van der Waals surface area contributed by atoms with Gasteiger partial charge in [-0.05, 0) is 45.6 Å². The van der Waals surface area contributed by atoms with Crippen LogP contribution < -0.4 is 0 Å². The van der Waals surface area contributed by atoms with E-state index in [2.05, 4.69) is 32.9 Å². The highest BCUT2D eigenvalue weighted by atomic mass is 16.7. The molecule has 2 saturated heterocycles. The summed E-state index contributed by atoms with van der Waals surface area (Å²) in [5.74, 6) is -0.506. The standard InChI is InChI=1S/C16H24O3/c1-12(2)7-9-18-15(3)10-14-16(19-15)8-5-4-6-13(16)11-17-14/h6-7,14H,4-5,8-11H2,1-3H3/t14-,15+,16-/m0/s1. The molecule has 0 aromatic heterocycles. The lowest BCUT2D eigenvalue weighted by atomic mass is 9.81. The monoisotopic (exact) mass is 264 g/mol. The average Bonchev–Trinajstić information content (AvgIpc) is 2.79. The van der Waals surface area contributed by atoms with Gasteiger partial charge in [0, 0.05) is 6.42 Å². The summed E-state index contributed by atoms with van der Waals surface area (Å²) < 4.78 is 18.3. The second-order valence-electron chi connectivity index (χ2n) is 6.34. The topological polar surface area (TPSA) is 27.7 Å². The summed E-state index contributed by atoms with van der Waals surface area (Å²) in [6.07, 6.45) is 8.84. The molecule has 0 radical (unpaired) electrons. The van der Waals surface area contributed by atoms with Crippen molar-refractivity contribution < 1.29 is 14.2 Å². The molecular weight excluding hydrogens is 240 g/mol. The van der Waals surface area contributed by atoms with E-state index in [1.54, 1.807) is 0 Å². The van der Waals surface area contributed by atoms with E-state index in [-0.39, 0.29) is 11.7 Å². The Morgan fingerprint density at radius 3 is 3.16 bits per heavy atom. The molecule has 0 aromatic rings. The van der Waals surface area contributed by atoms with E-state index >= 15 is 0 Å². The molecule has 3 atom stereocenters. The van der Waals surface area contributed by atoms with Gasteiger partial charge in [0.15, 0.2) is 5.79 Å². The van der Waals surface area contributed by atoms with Gasteiger partial charge in [0.1, 0.15) is 5.60 Å². The molecule has 0 N–H and O–H groups in total. The van der Waals surface area contributed by atoms with Gasteiger partial charge in [-0.25, -0.2) is 0 Å². The van der Waals surface area contributed by atoms with Gasteiger partial charge in [-0.15, -0.1) is 0 Å². The summed E-state index contributed by atoms with van der Waals surface area (Å²) in [4.78, 5) is 0. The van der Waals surface area contributed by atoms with Gasteiger partial charge in [-0.2, -0.15) is 0 Å². The first-order chi connectivity index (χ1) is 9.04. The Morgan fingerprint density at radius 1 is 1.53 bits per heavy atom. The normalized spacial score (nSPS) is 40.6. The van der Waals surface area contributed by atoms with Crippen molar-refractivity contribution in [3.8, 4) is 0 Å². The Kier molecular flexibility index (Phi) is 3.32. The highest BCUT2D eigenvalue weighted by molar-refractivity contribution is 5.30.